The minimum atomic E-state index is -5.02. The van der Waals surface area contributed by atoms with E-state index in [1.165, 1.54) is 30.5 Å². The van der Waals surface area contributed by atoms with Gasteiger partial charge in [0.1, 0.15) is 23.3 Å². The van der Waals surface area contributed by atoms with E-state index in [1.807, 2.05) is 0 Å². The first-order valence-electron chi connectivity index (χ1n) is 10.2. The molecule has 0 saturated heterocycles. The first kappa shape index (κ1) is 26.2. The zero-order valence-corrected chi connectivity index (χ0v) is 20.3. The van der Waals surface area contributed by atoms with Crippen LogP contribution in [0.15, 0.2) is 63.9 Å². The Morgan fingerprint density at radius 1 is 1.08 bits per heavy atom. The van der Waals surface area contributed by atoms with Crippen molar-refractivity contribution < 1.29 is 30.4 Å². The molecular weight excluding hydrogens is 537 g/mol. The van der Waals surface area contributed by atoms with Crippen LogP contribution in [0.1, 0.15) is 16.7 Å². The van der Waals surface area contributed by atoms with Crippen LogP contribution < -0.4 is 5.56 Å². The lowest BCUT2D eigenvalue weighted by Crippen LogP contribution is -2.28. The molecule has 0 amide bonds. The van der Waals surface area contributed by atoms with Crippen LogP contribution in [0.2, 0.25) is 0 Å². The summed E-state index contributed by atoms with van der Waals surface area (Å²) in [6, 6.07) is 8.70. The number of pyridine rings is 2. The first-order valence-corrected chi connectivity index (χ1v) is 13.0. The van der Waals surface area contributed by atoms with Crippen LogP contribution in [0, 0.1) is 23.0 Å². The van der Waals surface area contributed by atoms with Gasteiger partial charge in [-0.05, 0) is 41.3 Å². The molecule has 0 atom stereocenters. The van der Waals surface area contributed by atoms with Gasteiger partial charge in [-0.25, -0.2) is 22.2 Å². The van der Waals surface area contributed by atoms with E-state index in [9.17, 15) is 40.4 Å². The Morgan fingerprint density at radius 2 is 1.81 bits per heavy atom. The number of alkyl halides is 3. The molecule has 0 unspecified atom stereocenters. The molecule has 0 aliphatic heterocycles. The maximum absolute atomic E-state index is 14.3. The summed E-state index contributed by atoms with van der Waals surface area (Å²) in [6.45, 7) is -0.565. The van der Waals surface area contributed by atoms with Crippen molar-refractivity contribution >= 4 is 21.2 Å². The summed E-state index contributed by atoms with van der Waals surface area (Å²) in [5.74, 6) is -1.89. The van der Waals surface area contributed by atoms with Gasteiger partial charge in [0.05, 0.1) is 22.7 Å². The first-order chi connectivity index (χ1) is 17.3. The minimum absolute atomic E-state index is 0.163. The van der Waals surface area contributed by atoms with Gasteiger partial charge in [-0.3, -0.25) is 4.79 Å². The van der Waals surface area contributed by atoms with Crippen LogP contribution in [-0.4, -0.2) is 24.2 Å². The normalized spacial score (nSPS) is 11.9. The van der Waals surface area contributed by atoms with Crippen LogP contribution in [-0.2, 0) is 22.6 Å². The fourth-order valence-corrected chi connectivity index (χ4v) is 5.05. The van der Waals surface area contributed by atoms with E-state index in [2.05, 4.69) is 4.98 Å². The monoisotopic (exact) mass is 551 g/mol. The lowest BCUT2D eigenvalue weighted by molar-refractivity contribution is -0.137. The Labute approximate surface area is 210 Å². The number of hydrogen-bond acceptors (Lipinski definition) is 6. The van der Waals surface area contributed by atoms with E-state index in [1.54, 1.807) is 5.38 Å². The lowest BCUT2D eigenvalue weighted by atomic mass is 10.1. The molecule has 6 nitrogen and oxygen atoms in total. The van der Waals surface area contributed by atoms with Gasteiger partial charge in [0.2, 0.25) is 0 Å². The van der Waals surface area contributed by atoms with Crippen molar-refractivity contribution in [3.63, 3.8) is 0 Å². The number of rotatable bonds is 5. The summed E-state index contributed by atoms with van der Waals surface area (Å²) < 4.78 is 93.0. The number of nitrogens with zero attached hydrogens (tertiary/aromatic N) is 3. The number of nitriles is 1. The van der Waals surface area contributed by atoms with Crippen molar-refractivity contribution in [3.8, 4) is 27.8 Å². The predicted octanol–water partition coefficient (Wildman–Crippen LogP) is 5.26. The van der Waals surface area contributed by atoms with E-state index in [4.69, 9.17) is 0 Å². The summed E-state index contributed by atoms with van der Waals surface area (Å²) in [6.07, 6.45) is -2.75. The standard InChI is InChI=1S/C24H14F5N3O3S2/c1-37(34,35)22-5-3-13(10-31-22)15-6-21(36-12-15)20-8-18(24(27,28)29)17(9-30)23(33)32(20)11-14-2-4-16(25)7-19(14)26/h2-8,10,12H,11H2,1H3. The second-order valence-electron chi connectivity index (χ2n) is 7.91. The van der Waals surface area contributed by atoms with Gasteiger partial charge in [-0.15, -0.1) is 11.3 Å². The summed E-state index contributed by atoms with van der Waals surface area (Å²) in [4.78, 5) is 17.1. The summed E-state index contributed by atoms with van der Waals surface area (Å²) >= 11 is 0.970. The second kappa shape index (κ2) is 9.53. The fraction of sp³-hybridized carbons (Fsp3) is 0.125. The van der Waals surface area contributed by atoms with E-state index < -0.39 is 50.9 Å². The number of benzene rings is 1. The third-order valence-corrected chi connectivity index (χ3v) is 7.32. The molecule has 3 heterocycles. The number of sulfone groups is 1. The highest BCUT2D eigenvalue weighted by atomic mass is 32.2. The molecule has 4 rings (SSSR count). The summed E-state index contributed by atoms with van der Waals surface area (Å²) in [5.41, 5.74) is -3.38. The molecule has 13 heteroatoms. The van der Waals surface area contributed by atoms with Crippen molar-refractivity contribution in [3.05, 3.63) is 92.7 Å². The Balaban J connectivity index is 1.89. The molecule has 0 N–H and O–H groups in total. The fourth-order valence-electron chi connectivity index (χ4n) is 3.55. The Kier molecular flexibility index (Phi) is 6.74. The summed E-state index contributed by atoms with van der Waals surface area (Å²) in [7, 11) is -3.54. The van der Waals surface area contributed by atoms with Crippen molar-refractivity contribution in [2.75, 3.05) is 6.26 Å². The molecule has 4 aromatic rings. The highest BCUT2D eigenvalue weighted by Gasteiger charge is 2.36. The molecule has 0 bridgehead atoms. The Morgan fingerprint density at radius 3 is 2.38 bits per heavy atom. The Bertz CT molecular complexity index is 1720. The van der Waals surface area contributed by atoms with Crippen LogP contribution in [0.4, 0.5) is 22.0 Å². The van der Waals surface area contributed by atoms with Gasteiger partial charge in [-0.2, -0.15) is 18.4 Å². The molecular formula is C24H14F5N3O3S2. The van der Waals surface area contributed by atoms with Gasteiger partial charge in [0, 0.05) is 29.6 Å². The quantitative estimate of drug-likeness (QED) is 0.316. The average molecular weight is 552 g/mol. The van der Waals surface area contributed by atoms with E-state index in [0.717, 1.165) is 34.3 Å². The molecule has 3 aromatic heterocycles. The maximum Gasteiger partial charge on any atom is 0.417 e. The zero-order chi connectivity index (χ0) is 27.1. The molecule has 37 heavy (non-hydrogen) atoms. The van der Waals surface area contributed by atoms with Crippen LogP contribution in [0.3, 0.4) is 0 Å². The smallest absolute Gasteiger partial charge is 0.302 e. The van der Waals surface area contributed by atoms with E-state index in [-0.39, 0.29) is 21.2 Å². The maximum atomic E-state index is 14.3. The van der Waals surface area contributed by atoms with E-state index in [0.29, 0.717) is 23.3 Å². The number of hydrogen-bond donors (Lipinski definition) is 0. The van der Waals surface area contributed by atoms with Crippen LogP contribution in [0.5, 0.6) is 0 Å². The third-order valence-electron chi connectivity index (χ3n) is 5.36. The minimum Gasteiger partial charge on any atom is -0.302 e. The number of thiophene rings is 1. The third kappa shape index (κ3) is 5.30. The molecule has 0 aliphatic carbocycles. The van der Waals surface area contributed by atoms with Gasteiger partial charge < -0.3 is 4.57 Å². The van der Waals surface area contributed by atoms with Gasteiger partial charge in [-0.1, -0.05) is 6.07 Å². The van der Waals surface area contributed by atoms with Gasteiger partial charge in [0.25, 0.3) is 5.56 Å². The molecule has 0 spiro atoms. The average Bonchev–Trinajstić information content (AvgIpc) is 3.30. The van der Waals surface area contributed by atoms with Crippen LogP contribution >= 0.6 is 11.3 Å². The molecule has 0 saturated carbocycles. The predicted molar refractivity (Wildman–Crippen MR) is 126 cm³/mol. The summed E-state index contributed by atoms with van der Waals surface area (Å²) in [5, 5.41) is 10.7. The molecule has 190 valence electrons. The molecule has 0 radical (unpaired) electrons. The van der Waals surface area contributed by atoms with E-state index >= 15 is 0 Å². The molecule has 0 fully saturated rings. The Hall–Kier alpha value is -3.89. The highest BCUT2D eigenvalue weighted by molar-refractivity contribution is 7.90. The van der Waals surface area contributed by atoms with Gasteiger partial charge >= 0.3 is 6.18 Å². The zero-order valence-electron chi connectivity index (χ0n) is 18.7. The van der Waals surface area contributed by atoms with Crippen molar-refractivity contribution in [2.45, 2.75) is 17.7 Å². The largest absolute Gasteiger partial charge is 0.417 e. The second-order valence-corrected chi connectivity index (χ2v) is 10.8. The van der Waals surface area contributed by atoms with Crippen molar-refractivity contribution in [2.24, 2.45) is 0 Å². The topological polar surface area (TPSA) is 92.8 Å². The van der Waals surface area contributed by atoms with Crippen molar-refractivity contribution in [1.82, 2.24) is 9.55 Å². The number of aromatic nitrogens is 2. The van der Waals surface area contributed by atoms with Gasteiger partial charge in [0.15, 0.2) is 14.9 Å². The molecule has 0 aliphatic rings. The number of halogens is 5. The SMILES string of the molecule is CS(=O)(=O)c1ccc(-c2csc(-c3cc(C(F)(F)F)c(C#N)c(=O)n3Cc3ccc(F)cc3F)c2)cn1. The van der Waals surface area contributed by atoms with Crippen LogP contribution in [0.25, 0.3) is 21.7 Å². The lowest BCUT2D eigenvalue weighted by Gasteiger charge is -2.17. The highest BCUT2D eigenvalue weighted by Crippen LogP contribution is 2.37. The van der Waals surface area contributed by atoms with Crippen molar-refractivity contribution in [1.29, 1.82) is 5.26 Å². The molecule has 1 aromatic carbocycles.